The summed E-state index contributed by atoms with van der Waals surface area (Å²) in [5, 5.41) is 12.5. The van der Waals surface area contributed by atoms with Crippen LogP contribution < -0.4 is 9.80 Å². The van der Waals surface area contributed by atoms with Crippen LogP contribution in [0.5, 0.6) is 0 Å². The number of aromatic nitrogens is 4. The average Bonchev–Trinajstić information content (AvgIpc) is 2.93. The van der Waals surface area contributed by atoms with Crippen molar-refractivity contribution in [1.82, 2.24) is 25.2 Å². The number of rotatable bonds is 4. The zero-order chi connectivity index (χ0) is 15.5. The molecule has 0 atom stereocenters. The predicted octanol–water partition coefficient (Wildman–Crippen LogP) is 0.556. The molecule has 1 aliphatic heterocycles. The molecule has 1 fully saturated rings. The maximum absolute atomic E-state index is 5.01. The second-order valence-corrected chi connectivity index (χ2v) is 5.64. The Balaban J connectivity index is 1.54. The summed E-state index contributed by atoms with van der Waals surface area (Å²) in [5.41, 5.74) is 0. The highest BCUT2D eigenvalue weighted by atomic mass is 16.5. The molecule has 0 aliphatic carbocycles. The van der Waals surface area contributed by atoms with Gasteiger partial charge in [-0.15, -0.1) is 10.2 Å². The molecular weight excluding hydrogens is 282 g/mol. The van der Waals surface area contributed by atoms with Crippen molar-refractivity contribution in [3.63, 3.8) is 0 Å². The molecule has 0 bridgehead atoms. The lowest BCUT2D eigenvalue weighted by molar-refractivity contribution is 0.239. The van der Waals surface area contributed by atoms with Crippen LogP contribution in [-0.4, -0.2) is 65.5 Å². The van der Waals surface area contributed by atoms with E-state index in [0.29, 0.717) is 5.89 Å². The maximum Gasteiger partial charge on any atom is 0.223 e. The molecule has 118 valence electrons. The van der Waals surface area contributed by atoms with Gasteiger partial charge in [-0.05, 0) is 12.1 Å². The summed E-state index contributed by atoms with van der Waals surface area (Å²) in [7, 11) is 3.92. The van der Waals surface area contributed by atoms with E-state index in [-0.39, 0.29) is 0 Å². The highest BCUT2D eigenvalue weighted by molar-refractivity contribution is 5.44. The van der Waals surface area contributed by atoms with E-state index in [9.17, 15) is 0 Å². The molecule has 8 heteroatoms. The molecule has 1 saturated heterocycles. The Labute approximate surface area is 129 Å². The average molecular weight is 303 g/mol. The quantitative estimate of drug-likeness (QED) is 0.811. The Kier molecular flexibility index (Phi) is 4.19. The van der Waals surface area contributed by atoms with Crippen LogP contribution in [0.4, 0.5) is 11.6 Å². The fraction of sp³-hybridized carbons (Fsp3) is 0.571. The van der Waals surface area contributed by atoms with E-state index in [0.717, 1.165) is 50.2 Å². The van der Waals surface area contributed by atoms with Crippen LogP contribution >= 0.6 is 0 Å². The molecule has 0 aromatic carbocycles. The molecule has 3 heterocycles. The maximum atomic E-state index is 5.01. The minimum atomic E-state index is 0.616. The first-order valence-corrected chi connectivity index (χ1v) is 7.39. The number of anilines is 2. The van der Waals surface area contributed by atoms with Crippen molar-refractivity contribution in [2.24, 2.45) is 0 Å². The molecular formula is C14H21N7O. The lowest BCUT2D eigenvalue weighted by Gasteiger charge is -2.34. The number of aryl methyl sites for hydroxylation is 1. The van der Waals surface area contributed by atoms with E-state index >= 15 is 0 Å². The first-order valence-electron chi connectivity index (χ1n) is 7.39. The molecule has 8 nitrogen and oxygen atoms in total. The Morgan fingerprint density at radius 1 is 1.14 bits per heavy atom. The zero-order valence-corrected chi connectivity index (χ0v) is 13.2. The molecule has 0 amide bonds. The van der Waals surface area contributed by atoms with Crippen LogP contribution in [0.1, 0.15) is 11.7 Å². The highest BCUT2D eigenvalue weighted by Gasteiger charge is 2.20. The van der Waals surface area contributed by atoms with Gasteiger partial charge in [-0.25, -0.2) is 0 Å². The fourth-order valence-corrected chi connectivity index (χ4v) is 2.47. The van der Waals surface area contributed by atoms with Gasteiger partial charge in [0.15, 0.2) is 17.5 Å². The SMILES string of the molecule is Cc1nc(CN2CCN(c3ccc(N(C)C)nn3)CC2)no1. The van der Waals surface area contributed by atoms with Gasteiger partial charge >= 0.3 is 0 Å². The lowest BCUT2D eigenvalue weighted by atomic mass is 10.3. The first-order chi connectivity index (χ1) is 10.6. The van der Waals surface area contributed by atoms with Gasteiger partial charge in [0.2, 0.25) is 5.89 Å². The van der Waals surface area contributed by atoms with E-state index < -0.39 is 0 Å². The van der Waals surface area contributed by atoms with E-state index in [4.69, 9.17) is 4.52 Å². The summed E-state index contributed by atoms with van der Waals surface area (Å²) in [6.45, 7) is 6.29. The van der Waals surface area contributed by atoms with Gasteiger partial charge in [0.1, 0.15) is 0 Å². The molecule has 2 aromatic heterocycles. The molecule has 22 heavy (non-hydrogen) atoms. The lowest BCUT2D eigenvalue weighted by Crippen LogP contribution is -2.46. The van der Waals surface area contributed by atoms with Gasteiger partial charge < -0.3 is 14.3 Å². The van der Waals surface area contributed by atoms with Gasteiger partial charge in [-0.3, -0.25) is 4.90 Å². The number of hydrogen-bond donors (Lipinski definition) is 0. The van der Waals surface area contributed by atoms with E-state index in [1.165, 1.54) is 0 Å². The summed E-state index contributed by atoms with van der Waals surface area (Å²) in [6.07, 6.45) is 0. The smallest absolute Gasteiger partial charge is 0.223 e. The fourth-order valence-electron chi connectivity index (χ4n) is 2.47. The third kappa shape index (κ3) is 3.33. The molecule has 3 rings (SSSR count). The Morgan fingerprint density at radius 3 is 2.45 bits per heavy atom. The standard InChI is InChI=1S/C14H21N7O/c1-11-15-12(18-22-11)10-20-6-8-21(9-7-20)14-5-4-13(16-17-14)19(2)3/h4-5H,6-10H2,1-3H3. The van der Waals surface area contributed by atoms with Gasteiger partial charge in [-0.1, -0.05) is 5.16 Å². The van der Waals surface area contributed by atoms with Crippen molar-refractivity contribution in [1.29, 1.82) is 0 Å². The second kappa shape index (κ2) is 6.27. The first kappa shape index (κ1) is 14.7. The van der Waals surface area contributed by atoms with Crippen LogP contribution in [0.2, 0.25) is 0 Å². The molecule has 2 aromatic rings. The largest absolute Gasteiger partial charge is 0.361 e. The van der Waals surface area contributed by atoms with Crippen LogP contribution in [0.3, 0.4) is 0 Å². The number of nitrogens with zero attached hydrogens (tertiary/aromatic N) is 7. The predicted molar refractivity (Wildman–Crippen MR) is 82.9 cm³/mol. The molecule has 0 spiro atoms. The third-order valence-corrected chi connectivity index (χ3v) is 3.73. The number of hydrogen-bond acceptors (Lipinski definition) is 8. The van der Waals surface area contributed by atoms with Crippen LogP contribution in [0.15, 0.2) is 16.7 Å². The van der Waals surface area contributed by atoms with Gasteiger partial charge in [0.05, 0.1) is 6.54 Å². The third-order valence-electron chi connectivity index (χ3n) is 3.73. The van der Waals surface area contributed by atoms with Crippen molar-refractivity contribution in [2.45, 2.75) is 13.5 Å². The molecule has 0 N–H and O–H groups in total. The van der Waals surface area contributed by atoms with Crippen molar-refractivity contribution < 1.29 is 4.52 Å². The Bertz CT molecular complexity index is 602. The van der Waals surface area contributed by atoms with Crippen LogP contribution in [0, 0.1) is 6.92 Å². The monoisotopic (exact) mass is 303 g/mol. The van der Waals surface area contributed by atoms with Crippen LogP contribution in [-0.2, 0) is 6.54 Å². The van der Waals surface area contributed by atoms with Crippen LogP contribution in [0.25, 0.3) is 0 Å². The summed E-state index contributed by atoms with van der Waals surface area (Å²) in [5.74, 6) is 3.17. The van der Waals surface area contributed by atoms with Gasteiger partial charge in [0.25, 0.3) is 0 Å². The van der Waals surface area contributed by atoms with Crippen molar-refractivity contribution in [3.8, 4) is 0 Å². The minimum Gasteiger partial charge on any atom is -0.361 e. The molecule has 0 radical (unpaired) electrons. The Hall–Kier alpha value is -2.22. The molecule has 0 unspecified atom stereocenters. The number of piperazine rings is 1. The molecule has 0 saturated carbocycles. The summed E-state index contributed by atoms with van der Waals surface area (Å²) in [4.78, 5) is 10.8. The summed E-state index contributed by atoms with van der Waals surface area (Å²) >= 11 is 0. The highest BCUT2D eigenvalue weighted by Crippen LogP contribution is 2.16. The van der Waals surface area contributed by atoms with Crippen molar-refractivity contribution in [3.05, 3.63) is 23.8 Å². The van der Waals surface area contributed by atoms with Crippen molar-refractivity contribution in [2.75, 3.05) is 50.1 Å². The van der Waals surface area contributed by atoms with E-state index in [1.807, 2.05) is 38.1 Å². The summed E-state index contributed by atoms with van der Waals surface area (Å²) in [6, 6.07) is 4.03. The minimum absolute atomic E-state index is 0.616. The topological polar surface area (TPSA) is 74.4 Å². The normalized spacial score (nSPS) is 16.0. The zero-order valence-electron chi connectivity index (χ0n) is 13.2. The van der Waals surface area contributed by atoms with E-state index in [1.54, 1.807) is 0 Å². The second-order valence-electron chi connectivity index (χ2n) is 5.64. The van der Waals surface area contributed by atoms with Gasteiger partial charge in [0, 0.05) is 47.2 Å². The van der Waals surface area contributed by atoms with E-state index in [2.05, 4.69) is 30.1 Å². The molecule has 1 aliphatic rings. The van der Waals surface area contributed by atoms with Crippen molar-refractivity contribution >= 4 is 11.6 Å². The Morgan fingerprint density at radius 2 is 1.91 bits per heavy atom. The summed E-state index contributed by atoms with van der Waals surface area (Å²) < 4.78 is 5.01. The van der Waals surface area contributed by atoms with Gasteiger partial charge in [-0.2, -0.15) is 4.98 Å².